The summed E-state index contributed by atoms with van der Waals surface area (Å²) in [6.45, 7) is 3.98. The van der Waals surface area contributed by atoms with E-state index in [9.17, 15) is 4.79 Å². The van der Waals surface area contributed by atoms with Gasteiger partial charge in [-0.25, -0.2) is 0 Å². The van der Waals surface area contributed by atoms with Crippen LogP contribution in [0.2, 0.25) is 0 Å². The lowest BCUT2D eigenvalue weighted by molar-refractivity contribution is 0.0987. The second-order valence-electron chi connectivity index (χ2n) is 3.23. The van der Waals surface area contributed by atoms with Crippen LogP contribution in [0.5, 0.6) is 0 Å². The molecule has 78 valence electrons. The van der Waals surface area contributed by atoms with Crippen LogP contribution in [0.1, 0.15) is 42.8 Å². The maximum atomic E-state index is 10.7. The average Bonchev–Trinajstić information content (AvgIpc) is 2.64. The van der Waals surface area contributed by atoms with Crippen molar-refractivity contribution in [1.29, 1.82) is 0 Å². The maximum Gasteiger partial charge on any atom is 0.290 e. The van der Waals surface area contributed by atoms with Gasteiger partial charge in [-0.3, -0.25) is 4.79 Å². The number of nitrogens with two attached hydrogens (primary N) is 2. The minimum Gasteiger partial charge on any atom is -0.363 e. The molecule has 1 amide bonds. The fourth-order valence-electron chi connectivity index (χ4n) is 0.968. The Morgan fingerprint density at radius 1 is 1.64 bits per heavy atom. The number of hydrogen-bond donors (Lipinski definition) is 2. The van der Waals surface area contributed by atoms with E-state index in [1.165, 1.54) is 0 Å². The number of primary amides is 1. The highest BCUT2D eigenvalue weighted by molar-refractivity contribution is 5.88. The van der Waals surface area contributed by atoms with Crippen molar-refractivity contribution in [2.24, 2.45) is 17.4 Å². The Morgan fingerprint density at radius 3 is 2.71 bits per heavy atom. The number of aromatic nitrogens is 2. The molecule has 0 saturated carbocycles. The van der Waals surface area contributed by atoms with Crippen molar-refractivity contribution in [3.05, 3.63) is 11.7 Å². The third kappa shape index (κ3) is 2.08. The first-order chi connectivity index (χ1) is 6.56. The largest absolute Gasteiger partial charge is 0.363 e. The summed E-state index contributed by atoms with van der Waals surface area (Å²) in [5.41, 5.74) is 10.8. The van der Waals surface area contributed by atoms with Crippen molar-refractivity contribution < 1.29 is 9.32 Å². The minimum atomic E-state index is -0.712. The normalized spacial score (nSPS) is 15.1. The van der Waals surface area contributed by atoms with Gasteiger partial charge in [-0.15, -0.1) is 0 Å². The van der Waals surface area contributed by atoms with Gasteiger partial charge in [0.2, 0.25) is 5.89 Å². The Labute approximate surface area is 81.6 Å². The molecule has 0 spiro atoms. The second kappa shape index (κ2) is 4.19. The number of carbonyl (C=O) groups excluding carboxylic acids is 1. The summed E-state index contributed by atoms with van der Waals surface area (Å²) >= 11 is 0. The quantitative estimate of drug-likeness (QED) is 0.719. The standard InChI is InChI=1S/C8H14N4O2/c1-3-4(2)5(9)8-11-7(6(10)13)12-14-8/h4-5H,3,9H2,1-2H3,(H2,10,13)/t4?,5-/m0/s1. The smallest absolute Gasteiger partial charge is 0.290 e. The van der Waals surface area contributed by atoms with E-state index in [2.05, 4.69) is 10.1 Å². The number of amides is 1. The van der Waals surface area contributed by atoms with Crippen molar-refractivity contribution in [1.82, 2.24) is 10.1 Å². The Hall–Kier alpha value is -1.43. The summed E-state index contributed by atoms with van der Waals surface area (Å²) in [6, 6.07) is -0.347. The summed E-state index contributed by atoms with van der Waals surface area (Å²) < 4.78 is 4.82. The van der Waals surface area contributed by atoms with Gasteiger partial charge in [0.05, 0.1) is 6.04 Å². The van der Waals surface area contributed by atoms with Crippen molar-refractivity contribution >= 4 is 5.91 Å². The molecule has 1 heterocycles. The number of hydrogen-bond acceptors (Lipinski definition) is 5. The Bertz CT molecular complexity index is 323. The molecule has 0 aliphatic carbocycles. The SMILES string of the molecule is CCC(C)[C@H](N)c1nc(C(N)=O)no1. The van der Waals surface area contributed by atoms with Crippen molar-refractivity contribution in [3.63, 3.8) is 0 Å². The first-order valence-electron chi connectivity index (χ1n) is 4.45. The molecule has 0 aliphatic rings. The molecule has 4 N–H and O–H groups in total. The molecule has 0 fully saturated rings. The zero-order chi connectivity index (χ0) is 10.7. The molecule has 0 saturated heterocycles. The third-order valence-corrected chi connectivity index (χ3v) is 2.20. The van der Waals surface area contributed by atoms with Crippen LogP contribution in [0.15, 0.2) is 4.52 Å². The molecule has 14 heavy (non-hydrogen) atoms. The lowest BCUT2D eigenvalue weighted by Crippen LogP contribution is -2.19. The van der Waals surface area contributed by atoms with Crippen LogP contribution in [0.4, 0.5) is 0 Å². The fourth-order valence-corrected chi connectivity index (χ4v) is 0.968. The topological polar surface area (TPSA) is 108 Å². The van der Waals surface area contributed by atoms with Gasteiger partial charge in [0.1, 0.15) is 0 Å². The van der Waals surface area contributed by atoms with E-state index in [0.717, 1.165) is 6.42 Å². The van der Waals surface area contributed by atoms with Gasteiger partial charge >= 0.3 is 0 Å². The highest BCUT2D eigenvalue weighted by Gasteiger charge is 2.21. The Balaban J connectivity index is 2.81. The predicted molar refractivity (Wildman–Crippen MR) is 49.2 cm³/mol. The van der Waals surface area contributed by atoms with Crippen LogP contribution in [0, 0.1) is 5.92 Å². The molecular formula is C8H14N4O2. The third-order valence-electron chi connectivity index (χ3n) is 2.20. The molecule has 1 unspecified atom stereocenters. The van der Waals surface area contributed by atoms with E-state index in [4.69, 9.17) is 16.0 Å². The molecular weight excluding hydrogens is 184 g/mol. The first-order valence-corrected chi connectivity index (χ1v) is 4.45. The van der Waals surface area contributed by atoms with Crippen LogP contribution >= 0.6 is 0 Å². The molecule has 6 nitrogen and oxygen atoms in total. The van der Waals surface area contributed by atoms with Gasteiger partial charge in [-0.2, -0.15) is 4.98 Å². The lowest BCUT2D eigenvalue weighted by atomic mass is 10.0. The summed E-state index contributed by atoms with van der Waals surface area (Å²) in [5.74, 6) is -0.362. The summed E-state index contributed by atoms with van der Waals surface area (Å²) in [6.07, 6.45) is 0.898. The van der Waals surface area contributed by atoms with Crippen molar-refractivity contribution in [2.75, 3.05) is 0 Å². The molecule has 0 bridgehead atoms. The highest BCUT2D eigenvalue weighted by atomic mass is 16.5. The lowest BCUT2D eigenvalue weighted by Gasteiger charge is -2.12. The second-order valence-corrected chi connectivity index (χ2v) is 3.23. The van der Waals surface area contributed by atoms with Crippen molar-refractivity contribution in [2.45, 2.75) is 26.3 Å². The van der Waals surface area contributed by atoms with Crippen LogP contribution < -0.4 is 11.5 Å². The molecule has 2 atom stereocenters. The fraction of sp³-hybridized carbons (Fsp3) is 0.625. The molecule has 6 heteroatoms. The van der Waals surface area contributed by atoms with Gasteiger partial charge in [-0.1, -0.05) is 25.4 Å². The molecule has 0 radical (unpaired) electrons. The van der Waals surface area contributed by atoms with Gasteiger partial charge in [-0.05, 0) is 5.92 Å². The molecule has 1 aromatic rings. The predicted octanol–water partition coefficient (Wildman–Crippen LogP) is 0.214. The average molecular weight is 198 g/mol. The van der Waals surface area contributed by atoms with E-state index < -0.39 is 5.91 Å². The highest BCUT2D eigenvalue weighted by Crippen LogP contribution is 2.19. The van der Waals surface area contributed by atoms with E-state index in [1.54, 1.807) is 0 Å². The zero-order valence-electron chi connectivity index (χ0n) is 8.23. The Morgan fingerprint density at radius 2 is 2.29 bits per heavy atom. The maximum absolute atomic E-state index is 10.7. The van der Waals surface area contributed by atoms with Crippen molar-refractivity contribution in [3.8, 4) is 0 Å². The summed E-state index contributed by atoms with van der Waals surface area (Å²) in [5, 5.41) is 3.41. The summed E-state index contributed by atoms with van der Waals surface area (Å²) in [4.78, 5) is 14.5. The van der Waals surface area contributed by atoms with Gasteiger partial charge in [0.15, 0.2) is 0 Å². The van der Waals surface area contributed by atoms with Crippen LogP contribution in [0.3, 0.4) is 0 Å². The zero-order valence-corrected chi connectivity index (χ0v) is 8.23. The molecule has 1 aromatic heterocycles. The van der Waals surface area contributed by atoms with Crippen LogP contribution in [-0.2, 0) is 0 Å². The van der Waals surface area contributed by atoms with E-state index in [-0.39, 0.29) is 23.7 Å². The Kier molecular flexibility index (Phi) is 3.19. The number of carbonyl (C=O) groups is 1. The van der Waals surface area contributed by atoms with Gasteiger partial charge in [0, 0.05) is 0 Å². The van der Waals surface area contributed by atoms with Crippen LogP contribution in [0.25, 0.3) is 0 Å². The summed E-state index contributed by atoms with van der Waals surface area (Å²) in [7, 11) is 0. The van der Waals surface area contributed by atoms with Gasteiger partial charge < -0.3 is 16.0 Å². The van der Waals surface area contributed by atoms with Crippen LogP contribution in [-0.4, -0.2) is 16.0 Å². The molecule has 0 aromatic carbocycles. The number of nitrogens with zero attached hydrogens (tertiary/aromatic N) is 2. The van der Waals surface area contributed by atoms with E-state index in [0.29, 0.717) is 0 Å². The monoisotopic (exact) mass is 198 g/mol. The first kappa shape index (κ1) is 10.6. The number of rotatable bonds is 4. The molecule has 1 rings (SSSR count). The molecule has 0 aliphatic heterocycles. The van der Waals surface area contributed by atoms with Gasteiger partial charge in [0.25, 0.3) is 11.7 Å². The van der Waals surface area contributed by atoms with E-state index in [1.807, 2.05) is 13.8 Å². The van der Waals surface area contributed by atoms with E-state index >= 15 is 0 Å². The minimum absolute atomic E-state index is 0.126.